The lowest BCUT2D eigenvalue weighted by molar-refractivity contribution is -0.124. The molecule has 1 atom stereocenters. The third-order valence-electron chi connectivity index (χ3n) is 4.02. The molecule has 1 aliphatic rings. The Morgan fingerprint density at radius 2 is 1.85 bits per heavy atom. The molecule has 2 aromatic rings. The molecule has 0 radical (unpaired) electrons. The summed E-state index contributed by atoms with van der Waals surface area (Å²) in [4.78, 5) is 35.9. The third kappa shape index (κ3) is 4.07. The molecule has 7 nitrogen and oxygen atoms in total. The molecule has 0 spiro atoms. The van der Waals surface area contributed by atoms with Gasteiger partial charge >= 0.3 is 5.97 Å². The molecule has 134 valence electrons. The number of carbonyl (C=O) groups is 3. The highest BCUT2D eigenvalue weighted by Gasteiger charge is 2.24. The number of benzene rings is 2. The average molecular weight is 354 g/mol. The first-order valence-electron chi connectivity index (χ1n) is 8.21. The molecule has 0 unspecified atom stereocenters. The van der Waals surface area contributed by atoms with Gasteiger partial charge in [0.15, 0.2) is 0 Å². The van der Waals surface area contributed by atoms with E-state index in [-0.39, 0.29) is 17.0 Å². The van der Waals surface area contributed by atoms with Crippen LogP contribution in [0.3, 0.4) is 0 Å². The summed E-state index contributed by atoms with van der Waals surface area (Å²) in [5.41, 5.74) is 1.08. The van der Waals surface area contributed by atoms with Crippen molar-refractivity contribution in [3.63, 3.8) is 0 Å². The number of nitrogens with one attached hydrogen (secondary N) is 2. The zero-order valence-corrected chi connectivity index (χ0v) is 13.9. The predicted molar refractivity (Wildman–Crippen MR) is 95.4 cm³/mol. The number of carbonyl (C=O) groups excluding carboxylic acids is 2. The predicted octanol–water partition coefficient (Wildman–Crippen LogP) is 2.75. The van der Waals surface area contributed by atoms with Gasteiger partial charge in [0, 0.05) is 12.3 Å². The maximum absolute atomic E-state index is 12.6. The van der Waals surface area contributed by atoms with Crippen LogP contribution in [-0.4, -0.2) is 35.6 Å². The molecule has 2 amide bonds. The Morgan fingerprint density at radius 1 is 1.04 bits per heavy atom. The van der Waals surface area contributed by atoms with Crippen molar-refractivity contribution in [2.45, 2.75) is 18.9 Å². The van der Waals surface area contributed by atoms with Gasteiger partial charge in [-0.2, -0.15) is 0 Å². The maximum Gasteiger partial charge on any atom is 0.335 e. The highest BCUT2D eigenvalue weighted by Crippen LogP contribution is 2.20. The number of anilines is 2. The summed E-state index contributed by atoms with van der Waals surface area (Å²) in [5.74, 6) is -1.81. The molecule has 2 aromatic carbocycles. The van der Waals surface area contributed by atoms with Gasteiger partial charge < -0.3 is 20.5 Å². The number of hydrogen-bond donors (Lipinski definition) is 3. The molecule has 7 heteroatoms. The van der Waals surface area contributed by atoms with Crippen molar-refractivity contribution >= 4 is 29.2 Å². The van der Waals surface area contributed by atoms with E-state index in [9.17, 15) is 14.4 Å². The van der Waals surface area contributed by atoms with E-state index in [0.29, 0.717) is 24.4 Å². The minimum Gasteiger partial charge on any atom is -0.478 e. The minimum absolute atomic E-state index is 0.0720. The fraction of sp³-hybridized carbons (Fsp3) is 0.211. The Balaban J connectivity index is 1.76. The third-order valence-corrected chi connectivity index (χ3v) is 4.02. The second-order valence-electron chi connectivity index (χ2n) is 5.88. The number of hydrogen-bond acceptors (Lipinski definition) is 4. The second-order valence-corrected chi connectivity index (χ2v) is 5.88. The largest absolute Gasteiger partial charge is 0.478 e. The molecule has 26 heavy (non-hydrogen) atoms. The summed E-state index contributed by atoms with van der Waals surface area (Å²) in [7, 11) is 0. The lowest BCUT2D eigenvalue weighted by Crippen LogP contribution is -2.28. The summed E-state index contributed by atoms with van der Waals surface area (Å²) >= 11 is 0. The molecule has 0 bridgehead atoms. The molecule has 1 heterocycles. The number of carboxylic acid groups (broad SMARTS) is 1. The molecule has 3 N–H and O–H groups in total. The van der Waals surface area contributed by atoms with E-state index in [1.807, 2.05) is 0 Å². The van der Waals surface area contributed by atoms with Crippen molar-refractivity contribution in [2.75, 3.05) is 17.2 Å². The molecule has 1 saturated heterocycles. The Morgan fingerprint density at radius 3 is 2.58 bits per heavy atom. The van der Waals surface area contributed by atoms with Gasteiger partial charge in [0.25, 0.3) is 11.8 Å². The first-order chi connectivity index (χ1) is 12.5. The molecule has 0 aromatic heterocycles. The van der Waals surface area contributed by atoms with Gasteiger partial charge in [0.2, 0.25) is 0 Å². The Bertz CT molecular complexity index is 843. The van der Waals surface area contributed by atoms with Gasteiger partial charge in [-0.15, -0.1) is 0 Å². The van der Waals surface area contributed by atoms with Gasteiger partial charge in [0.1, 0.15) is 6.10 Å². The Kier molecular flexibility index (Phi) is 5.28. The van der Waals surface area contributed by atoms with Crippen LogP contribution in [0, 0.1) is 0 Å². The van der Waals surface area contributed by atoms with E-state index in [1.165, 1.54) is 12.1 Å². The maximum atomic E-state index is 12.6. The summed E-state index contributed by atoms with van der Waals surface area (Å²) < 4.78 is 5.35. The van der Waals surface area contributed by atoms with Gasteiger partial charge in [-0.1, -0.05) is 18.2 Å². The number of amides is 2. The SMILES string of the molecule is O=C(O)c1cccc(NC(=O)c2ccccc2NC(=O)[C@@H]2CCCO2)c1. The summed E-state index contributed by atoms with van der Waals surface area (Å²) in [5, 5.41) is 14.4. The number of ether oxygens (including phenoxy) is 1. The van der Waals surface area contributed by atoms with E-state index in [1.54, 1.807) is 36.4 Å². The molecule has 0 aliphatic carbocycles. The quantitative estimate of drug-likeness (QED) is 0.766. The number of aromatic carboxylic acids is 1. The van der Waals surface area contributed by atoms with Crippen LogP contribution < -0.4 is 10.6 Å². The van der Waals surface area contributed by atoms with Crippen LogP contribution in [0.2, 0.25) is 0 Å². The monoisotopic (exact) mass is 354 g/mol. The topological polar surface area (TPSA) is 105 Å². The first kappa shape index (κ1) is 17.6. The lowest BCUT2D eigenvalue weighted by Gasteiger charge is -2.14. The molecular weight excluding hydrogens is 336 g/mol. The standard InChI is InChI=1S/C19H18N2O5/c22-17(20-13-6-3-5-12(11-13)19(24)25)14-7-1-2-8-15(14)21-18(23)16-9-4-10-26-16/h1-3,5-8,11,16H,4,9-10H2,(H,20,22)(H,21,23)(H,24,25)/t16-/m0/s1. The molecular formula is C19H18N2O5. The summed E-state index contributed by atoms with van der Waals surface area (Å²) in [6.07, 6.45) is 0.987. The minimum atomic E-state index is -1.08. The average Bonchev–Trinajstić information content (AvgIpc) is 3.17. The van der Waals surface area contributed by atoms with Gasteiger partial charge in [-0.05, 0) is 43.2 Å². The van der Waals surface area contributed by atoms with Crippen LogP contribution >= 0.6 is 0 Å². The summed E-state index contributed by atoms with van der Waals surface area (Å²) in [6.45, 7) is 0.556. The van der Waals surface area contributed by atoms with E-state index in [2.05, 4.69) is 10.6 Å². The van der Waals surface area contributed by atoms with Crippen molar-refractivity contribution in [1.82, 2.24) is 0 Å². The molecule has 0 saturated carbocycles. The van der Waals surface area contributed by atoms with E-state index >= 15 is 0 Å². The zero-order chi connectivity index (χ0) is 18.5. The van der Waals surface area contributed by atoms with Crippen molar-refractivity contribution in [3.8, 4) is 0 Å². The molecule has 3 rings (SSSR count). The summed E-state index contributed by atoms with van der Waals surface area (Å²) in [6, 6.07) is 12.6. The van der Waals surface area contributed by atoms with Crippen molar-refractivity contribution in [1.29, 1.82) is 0 Å². The van der Waals surface area contributed by atoms with Crippen LogP contribution in [0.4, 0.5) is 11.4 Å². The fourth-order valence-corrected chi connectivity index (χ4v) is 2.72. The first-order valence-corrected chi connectivity index (χ1v) is 8.21. The van der Waals surface area contributed by atoms with Gasteiger partial charge in [-0.3, -0.25) is 9.59 Å². The van der Waals surface area contributed by atoms with E-state index in [4.69, 9.17) is 9.84 Å². The second kappa shape index (κ2) is 7.79. The normalized spacial score (nSPS) is 16.1. The number of rotatable bonds is 5. The fourth-order valence-electron chi connectivity index (χ4n) is 2.72. The molecule has 1 aliphatic heterocycles. The van der Waals surface area contributed by atoms with Crippen LogP contribution in [0.5, 0.6) is 0 Å². The van der Waals surface area contributed by atoms with Gasteiger partial charge in [0.05, 0.1) is 16.8 Å². The zero-order valence-electron chi connectivity index (χ0n) is 13.9. The lowest BCUT2D eigenvalue weighted by atomic mass is 10.1. The highest BCUT2D eigenvalue weighted by molar-refractivity contribution is 6.10. The Labute approximate surface area is 150 Å². The van der Waals surface area contributed by atoms with Crippen LogP contribution in [0.25, 0.3) is 0 Å². The number of para-hydroxylation sites is 1. The van der Waals surface area contributed by atoms with E-state index in [0.717, 1.165) is 6.42 Å². The van der Waals surface area contributed by atoms with Crippen molar-refractivity contribution < 1.29 is 24.2 Å². The van der Waals surface area contributed by atoms with Crippen molar-refractivity contribution in [3.05, 3.63) is 59.7 Å². The highest BCUT2D eigenvalue weighted by atomic mass is 16.5. The van der Waals surface area contributed by atoms with Crippen molar-refractivity contribution in [2.24, 2.45) is 0 Å². The Hall–Kier alpha value is -3.19. The number of carboxylic acids is 1. The molecule has 1 fully saturated rings. The smallest absolute Gasteiger partial charge is 0.335 e. The van der Waals surface area contributed by atoms with Gasteiger partial charge in [-0.25, -0.2) is 4.79 Å². The van der Waals surface area contributed by atoms with Crippen LogP contribution in [0.15, 0.2) is 48.5 Å². The van der Waals surface area contributed by atoms with E-state index < -0.39 is 18.0 Å². The van der Waals surface area contributed by atoms with Crippen LogP contribution in [0.1, 0.15) is 33.6 Å². The van der Waals surface area contributed by atoms with Crippen LogP contribution in [-0.2, 0) is 9.53 Å².